The van der Waals surface area contributed by atoms with Gasteiger partial charge in [-0.05, 0) is 58.5 Å². The van der Waals surface area contributed by atoms with Crippen LogP contribution in [-0.4, -0.2) is 23.6 Å². The Balaban J connectivity index is 1.80. The first-order valence-corrected chi connectivity index (χ1v) is 9.20. The van der Waals surface area contributed by atoms with Crippen molar-refractivity contribution in [3.05, 3.63) is 56.3 Å². The number of carbonyl (C=O) groups is 1. The molecule has 1 fully saturated rings. The van der Waals surface area contributed by atoms with Gasteiger partial charge in [-0.1, -0.05) is 23.9 Å². The van der Waals surface area contributed by atoms with Gasteiger partial charge in [-0.25, -0.2) is 4.39 Å². The highest BCUT2D eigenvalue weighted by Crippen LogP contribution is 2.35. The lowest BCUT2D eigenvalue weighted by Crippen LogP contribution is -2.31. The number of benzene rings is 2. The minimum atomic E-state index is -0.464. The van der Waals surface area contributed by atoms with Gasteiger partial charge in [0, 0.05) is 0 Å². The van der Waals surface area contributed by atoms with Crippen molar-refractivity contribution in [3.63, 3.8) is 0 Å². The van der Waals surface area contributed by atoms with E-state index in [1.54, 1.807) is 36.4 Å². The number of amides is 1. The third-order valence-electron chi connectivity index (χ3n) is 3.46. The summed E-state index contributed by atoms with van der Waals surface area (Å²) in [7, 11) is 1.47. The molecular weight excluding hydrogens is 458 g/mol. The fraction of sp³-hybridized carbons (Fsp3) is 0.118. The van der Waals surface area contributed by atoms with E-state index in [2.05, 4.69) is 10.6 Å². The molecule has 1 unspecified atom stereocenters. The Morgan fingerprint density at radius 3 is 2.88 bits per heavy atom. The van der Waals surface area contributed by atoms with Gasteiger partial charge in [-0.2, -0.15) is 0 Å². The molecule has 3 N–H and O–H groups in total. The highest BCUT2D eigenvalue weighted by molar-refractivity contribution is 14.1. The van der Waals surface area contributed by atoms with Gasteiger partial charge < -0.3 is 20.5 Å². The van der Waals surface area contributed by atoms with Crippen LogP contribution in [0.2, 0.25) is 0 Å². The standard InChI is InChI=1S/C17H14FIN2O3S/c1-24-13-7-9(6-11(19)15(13)22)8-14-16(23)21-17(25-14)20-12-5-3-2-4-10(12)18/h2-8,17,20,22H,1H3,(H,21,23)/b14-8-. The molecule has 0 saturated carbocycles. The van der Waals surface area contributed by atoms with Gasteiger partial charge in [0.25, 0.3) is 5.91 Å². The normalized spacial score (nSPS) is 18.3. The number of para-hydroxylation sites is 1. The summed E-state index contributed by atoms with van der Waals surface area (Å²) >= 11 is 3.25. The van der Waals surface area contributed by atoms with E-state index < -0.39 is 5.50 Å². The van der Waals surface area contributed by atoms with Crippen LogP contribution in [-0.2, 0) is 4.79 Å². The van der Waals surface area contributed by atoms with E-state index in [9.17, 15) is 14.3 Å². The van der Waals surface area contributed by atoms with Crippen LogP contribution in [0.25, 0.3) is 6.08 Å². The second kappa shape index (κ2) is 7.52. The zero-order valence-electron chi connectivity index (χ0n) is 13.0. The molecule has 1 aliphatic rings. The number of rotatable bonds is 4. The average molecular weight is 472 g/mol. The number of aromatic hydroxyl groups is 1. The van der Waals surface area contributed by atoms with Crippen LogP contribution in [0.1, 0.15) is 5.56 Å². The first kappa shape index (κ1) is 17.9. The van der Waals surface area contributed by atoms with Crippen molar-refractivity contribution in [2.45, 2.75) is 5.50 Å². The molecule has 5 nitrogen and oxygen atoms in total. The van der Waals surface area contributed by atoms with Crippen LogP contribution in [0.4, 0.5) is 10.1 Å². The number of methoxy groups -OCH3 is 1. The number of ether oxygens (including phenoxy) is 1. The second-order valence-electron chi connectivity index (χ2n) is 5.16. The molecule has 2 aromatic carbocycles. The van der Waals surface area contributed by atoms with Gasteiger partial charge in [-0.3, -0.25) is 4.79 Å². The van der Waals surface area contributed by atoms with Crippen molar-refractivity contribution in [2.75, 3.05) is 12.4 Å². The molecule has 1 atom stereocenters. The SMILES string of the molecule is COc1cc(/C=C2\SC(Nc3ccccc3F)NC2=O)cc(I)c1O. The van der Waals surface area contributed by atoms with E-state index in [0.29, 0.717) is 19.9 Å². The van der Waals surface area contributed by atoms with E-state index in [4.69, 9.17) is 4.74 Å². The summed E-state index contributed by atoms with van der Waals surface area (Å²) in [5.74, 6) is -0.232. The van der Waals surface area contributed by atoms with E-state index in [0.717, 1.165) is 5.56 Å². The summed E-state index contributed by atoms with van der Waals surface area (Å²) in [6.45, 7) is 0. The van der Waals surface area contributed by atoms with E-state index in [1.165, 1.54) is 24.9 Å². The van der Waals surface area contributed by atoms with E-state index in [1.807, 2.05) is 22.6 Å². The summed E-state index contributed by atoms with van der Waals surface area (Å²) in [5, 5.41) is 15.6. The third kappa shape index (κ3) is 4.01. The number of nitrogens with one attached hydrogen (secondary N) is 2. The quantitative estimate of drug-likeness (QED) is 0.468. The van der Waals surface area contributed by atoms with Crippen LogP contribution in [0.15, 0.2) is 41.3 Å². The van der Waals surface area contributed by atoms with Crippen molar-refractivity contribution in [1.82, 2.24) is 5.32 Å². The lowest BCUT2D eigenvalue weighted by Gasteiger charge is -2.13. The third-order valence-corrected chi connectivity index (χ3v) is 5.31. The van der Waals surface area contributed by atoms with Crippen LogP contribution < -0.4 is 15.4 Å². The predicted octanol–water partition coefficient (Wildman–Crippen LogP) is 3.74. The Labute approximate surface area is 161 Å². The molecule has 1 heterocycles. The Morgan fingerprint density at radius 2 is 2.16 bits per heavy atom. The Morgan fingerprint density at radius 1 is 1.40 bits per heavy atom. The molecular formula is C17H14FIN2O3S. The van der Waals surface area contributed by atoms with Gasteiger partial charge in [0.2, 0.25) is 0 Å². The summed E-state index contributed by atoms with van der Waals surface area (Å²) in [5.41, 5.74) is 0.583. The van der Waals surface area contributed by atoms with Gasteiger partial charge in [0.1, 0.15) is 5.82 Å². The first-order chi connectivity index (χ1) is 12.0. The maximum atomic E-state index is 13.7. The maximum absolute atomic E-state index is 13.7. The van der Waals surface area contributed by atoms with Crippen molar-refractivity contribution >= 4 is 52.0 Å². The predicted molar refractivity (Wildman–Crippen MR) is 105 cm³/mol. The fourth-order valence-corrected chi connectivity index (χ4v) is 3.87. The van der Waals surface area contributed by atoms with E-state index >= 15 is 0 Å². The molecule has 0 aliphatic carbocycles. The molecule has 3 rings (SSSR count). The topological polar surface area (TPSA) is 70.6 Å². The van der Waals surface area contributed by atoms with Crippen LogP contribution in [0.3, 0.4) is 0 Å². The van der Waals surface area contributed by atoms with E-state index in [-0.39, 0.29) is 17.5 Å². The van der Waals surface area contributed by atoms with Crippen molar-refractivity contribution < 1.29 is 19.0 Å². The number of carbonyl (C=O) groups excluding carboxylic acids is 1. The summed E-state index contributed by atoms with van der Waals surface area (Å²) in [6.07, 6.45) is 1.70. The summed E-state index contributed by atoms with van der Waals surface area (Å²) < 4.78 is 19.5. The molecule has 8 heteroatoms. The Kier molecular flexibility index (Phi) is 5.38. The molecule has 1 amide bonds. The monoisotopic (exact) mass is 472 g/mol. The fourth-order valence-electron chi connectivity index (χ4n) is 2.27. The lowest BCUT2D eigenvalue weighted by molar-refractivity contribution is -0.116. The molecule has 2 aromatic rings. The van der Waals surface area contributed by atoms with Gasteiger partial charge in [0.05, 0.1) is 21.3 Å². The summed E-state index contributed by atoms with van der Waals surface area (Å²) in [4.78, 5) is 12.6. The van der Waals surface area contributed by atoms with Crippen LogP contribution in [0.5, 0.6) is 11.5 Å². The molecule has 0 spiro atoms. The molecule has 0 radical (unpaired) electrons. The zero-order chi connectivity index (χ0) is 18.0. The zero-order valence-corrected chi connectivity index (χ0v) is 16.0. The van der Waals surface area contributed by atoms with Crippen molar-refractivity contribution in [2.24, 2.45) is 0 Å². The highest BCUT2D eigenvalue weighted by atomic mass is 127. The molecule has 0 aromatic heterocycles. The van der Waals surface area contributed by atoms with Crippen molar-refractivity contribution in [3.8, 4) is 11.5 Å². The second-order valence-corrected chi connectivity index (χ2v) is 7.47. The number of anilines is 1. The number of hydrogen-bond donors (Lipinski definition) is 3. The number of phenols is 1. The molecule has 1 aliphatic heterocycles. The van der Waals surface area contributed by atoms with Gasteiger partial charge in [0.15, 0.2) is 17.0 Å². The van der Waals surface area contributed by atoms with Gasteiger partial charge >= 0.3 is 0 Å². The lowest BCUT2D eigenvalue weighted by atomic mass is 10.2. The number of phenolic OH excluding ortho intramolecular Hbond substituents is 1. The van der Waals surface area contributed by atoms with Crippen LogP contribution >= 0.6 is 34.4 Å². The van der Waals surface area contributed by atoms with Crippen LogP contribution in [0, 0.1) is 9.39 Å². The number of hydrogen-bond acceptors (Lipinski definition) is 5. The van der Waals surface area contributed by atoms with Gasteiger partial charge in [-0.15, -0.1) is 0 Å². The van der Waals surface area contributed by atoms with Crippen molar-refractivity contribution in [1.29, 1.82) is 0 Å². The smallest absolute Gasteiger partial charge is 0.260 e. The molecule has 25 heavy (non-hydrogen) atoms. The first-order valence-electron chi connectivity index (χ1n) is 7.24. The minimum Gasteiger partial charge on any atom is -0.504 e. The minimum absolute atomic E-state index is 0.0628. The Hall–Kier alpha value is -1.94. The summed E-state index contributed by atoms with van der Waals surface area (Å²) in [6, 6.07) is 9.68. The highest BCUT2D eigenvalue weighted by Gasteiger charge is 2.27. The molecule has 130 valence electrons. The largest absolute Gasteiger partial charge is 0.504 e. The average Bonchev–Trinajstić information content (AvgIpc) is 2.92. The Bertz CT molecular complexity index is 860. The number of thioether (sulfide) groups is 1. The maximum Gasteiger partial charge on any atom is 0.260 e. The number of halogens is 2. The molecule has 0 bridgehead atoms. The molecule has 1 saturated heterocycles.